The number of aryl methyl sites for hydroxylation is 1. The van der Waals surface area contributed by atoms with E-state index in [9.17, 15) is 4.79 Å². The quantitative estimate of drug-likeness (QED) is 0.793. The second kappa shape index (κ2) is 6.66. The van der Waals surface area contributed by atoms with Gasteiger partial charge in [0.05, 0.1) is 5.52 Å². The average Bonchev–Trinajstić information content (AvgIpc) is 3.28. The number of aromatic nitrogens is 5. The van der Waals surface area contributed by atoms with Crippen LogP contribution < -0.4 is 0 Å². The molecule has 0 radical (unpaired) electrons. The van der Waals surface area contributed by atoms with Crippen molar-refractivity contribution < 1.29 is 4.79 Å². The maximum Gasteiger partial charge on any atom is 0.275 e. The Morgan fingerprint density at radius 3 is 3.12 bits per heavy atom. The van der Waals surface area contributed by atoms with E-state index in [1.54, 1.807) is 6.33 Å². The van der Waals surface area contributed by atoms with E-state index in [0.29, 0.717) is 12.2 Å². The Morgan fingerprint density at radius 2 is 2.24 bits per heavy atom. The van der Waals surface area contributed by atoms with Crippen molar-refractivity contribution in [1.82, 2.24) is 29.9 Å². The Kier molecular flexibility index (Phi) is 4.21. The first-order chi connectivity index (χ1) is 12.3. The number of hydrogen-bond acceptors (Lipinski definition) is 4. The zero-order valence-electron chi connectivity index (χ0n) is 14.4. The van der Waals surface area contributed by atoms with E-state index in [1.807, 2.05) is 29.2 Å². The highest BCUT2D eigenvalue weighted by Crippen LogP contribution is 2.27. The molecule has 1 unspecified atom stereocenters. The van der Waals surface area contributed by atoms with E-state index in [4.69, 9.17) is 0 Å². The lowest BCUT2D eigenvalue weighted by atomic mass is 9.96. The number of likely N-dealkylation sites (tertiary alicyclic amines) is 1. The van der Waals surface area contributed by atoms with E-state index < -0.39 is 0 Å². The maximum absolute atomic E-state index is 13.0. The first kappa shape index (κ1) is 15.8. The minimum atomic E-state index is -0.0105. The lowest BCUT2D eigenvalue weighted by Crippen LogP contribution is -2.40. The van der Waals surface area contributed by atoms with Gasteiger partial charge in [0.2, 0.25) is 0 Å². The Bertz CT molecular complexity index is 882. The number of para-hydroxylation sites is 1. The van der Waals surface area contributed by atoms with Crippen molar-refractivity contribution in [3.63, 3.8) is 0 Å². The minimum absolute atomic E-state index is 0.0105. The van der Waals surface area contributed by atoms with Gasteiger partial charge in [0.25, 0.3) is 5.91 Å². The molecule has 1 amide bonds. The lowest BCUT2D eigenvalue weighted by molar-refractivity contribution is 0.0699. The number of piperidine rings is 1. The van der Waals surface area contributed by atoms with Crippen molar-refractivity contribution in [2.45, 2.75) is 38.6 Å². The number of H-pyrrole nitrogens is 1. The lowest BCUT2D eigenvalue weighted by Gasteiger charge is -2.32. The summed E-state index contributed by atoms with van der Waals surface area (Å²) in [5.74, 6) is 1.21. The number of aromatic amines is 1. The topological polar surface area (TPSA) is 79.7 Å². The molecular formula is C18H22N6O. The van der Waals surface area contributed by atoms with Crippen LogP contribution in [-0.2, 0) is 6.54 Å². The summed E-state index contributed by atoms with van der Waals surface area (Å²) in [6.07, 6.45) is 4.84. The van der Waals surface area contributed by atoms with Crippen LogP contribution in [0, 0.1) is 0 Å². The molecule has 7 heteroatoms. The van der Waals surface area contributed by atoms with Gasteiger partial charge in [-0.05, 0) is 25.3 Å². The number of benzene rings is 1. The van der Waals surface area contributed by atoms with Gasteiger partial charge >= 0.3 is 0 Å². The molecule has 130 valence electrons. The highest BCUT2D eigenvalue weighted by atomic mass is 16.2. The molecule has 1 aromatic carbocycles. The van der Waals surface area contributed by atoms with E-state index in [1.165, 1.54) is 0 Å². The van der Waals surface area contributed by atoms with E-state index >= 15 is 0 Å². The van der Waals surface area contributed by atoms with Crippen molar-refractivity contribution in [2.24, 2.45) is 0 Å². The van der Waals surface area contributed by atoms with Crippen LogP contribution in [0.3, 0.4) is 0 Å². The molecule has 1 aliphatic rings. The van der Waals surface area contributed by atoms with Crippen LogP contribution >= 0.6 is 0 Å². The van der Waals surface area contributed by atoms with E-state index in [2.05, 4.69) is 31.9 Å². The number of nitrogens with zero attached hydrogens (tertiary/aromatic N) is 5. The molecule has 4 rings (SSSR count). The predicted octanol–water partition coefficient (Wildman–Crippen LogP) is 2.58. The van der Waals surface area contributed by atoms with Gasteiger partial charge in [-0.2, -0.15) is 5.10 Å². The zero-order valence-corrected chi connectivity index (χ0v) is 14.4. The number of amides is 1. The molecule has 0 bridgehead atoms. The van der Waals surface area contributed by atoms with E-state index in [0.717, 1.165) is 49.1 Å². The van der Waals surface area contributed by atoms with Gasteiger partial charge in [-0.3, -0.25) is 9.89 Å². The molecule has 7 nitrogen and oxygen atoms in total. The van der Waals surface area contributed by atoms with E-state index in [-0.39, 0.29) is 11.8 Å². The van der Waals surface area contributed by atoms with Crippen molar-refractivity contribution in [3.05, 3.63) is 42.1 Å². The molecule has 3 heterocycles. The molecule has 2 aromatic heterocycles. The van der Waals surface area contributed by atoms with Crippen LogP contribution in [0.25, 0.3) is 10.9 Å². The third-order valence-electron chi connectivity index (χ3n) is 4.86. The van der Waals surface area contributed by atoms with Gasteiger partial charge in [-0.1, -0.05) is 25.1 Å². The summed E-state index contributed by atoms with van der Waals surface area (Å²) >= 11 is 0. The molecule has 0 saturated carbocycles. The fourth-order valence-corrected chi connectivity index (χ4v) is 3.64. The highest BCUT2D eigenvalue weighted by molar-refractivity contribution is 6.04. The number of nitrogens with one attached hydrogen (secondary N) is 1. The molecule has 0 spiro atoms. The minimum Gasteiger partial charge on any atom is -0.337 e. The number of fused-ring (bicyclic) bond motifs is 1. The summed E-state index contributed by atoms with van der Waals surface area (Å²) in [5, 5.41) is 16.5. The monoisotopic (exact) mass is 338 g/mol. The highest BCUT2D eigenvalue weighted by Gasteiger charge is 2.30. The molecule has 1 atom stereocenters. The first-order valence-electron chi connectivity index (χ1n) is 8.88. The third kappa shape index (κ3) is 2.90. The number of rotatable bonds is 4. The van der Waals surface area contributed by atoms with Crippen molar-refractivity contribution >= 4 is 16.8 Å². The SMILES string of the molecule is CCCn1cnnc1C1CCCN(C(=O)c2n[nH]c3ccccc23)C1. The Morgan fingerprint density at radius 1 is 1.36 bits per heavy atom. The van der Waals surface area contributed by atoms with Gasteiger partial charge in [-0.25, -0.2) is 0 Å². The molecule has 1 saturated heterocycles. The van der Waals surface area contributed by atoms with Crippen LogP contribution in [0.15, 0.2) is 30.6 Å². The van der Waals surface area contributed by atoms with Crippen LogP contribution in [0.2, 0.25) is 0 Å². The Hall–Kier alpha value is -2.70. The second-order valence-electron chi connectivity index (χ2n) is 6.59. The van der Waals surface area contributed by atoms with Gasteiger partial charge in [-0.15, -0.1) is 10.2 Å². The smallest absolute Gasteiger partial charge is 0.275 e. The number of hydrogen-bond donors (Lipinski definition) is 1. The van der Waals surface area contributed by atoms with Crippen molar-refractivity contribution in [1.29, 1.82) is 0 Å². The summed E-state index contributed by atoms with van der Waals surface area (Å²) in [5.41, 5.74) is 1.40. The van der Waals surface area contributed by atoms with Crippen LogP contribution in [-0.4, -0.2) is 48.9 Å². The molecule has 25 heavy (non-hydrogen) atoms. The molecule has 3 aromatic rings. The summed E-state index contributed by atoms with van der Waals surface area (Å²) in [6.45, 7) is 4.49. The molecule has 1 N–H and O–H groups in total. The van der Waals surface area contributed by atoms with Crippen LogP contribution in [0.1, 0.15) is 48.4 Å². The average molecular weight is 338 g/mol. The Labute approximate surface area is 146 Å². The summed E-state index contributed by atoms with van der Waals surface area (Å²) in [6, 6.07) is 7.74. The summed E-state index contributed by atoms with van der Waals surface area (Å²) < 4.78 is 2.11. The maximum atomic E-state index is 13.0. The number of carbonyl (C=O) groups is 1. The molecular weight excluding hydrogens is 316 g/mol. The largest absolute Gasteiger partial charge is 0.337 e. The molecule has 1 aliphatic heterocycles. The number of carbonyl (C=O) groups excluding carboxylic acids is 1. The van der Waals surface area contributed by atoms with Crippen molar-refractivity contribution in [3.8, 4) is 0 Å². The first-order valence-corrected chi connectivity index (χ1v) is 8.88. The fourth-order valence-electron chi connectivity index (χ4n) is 3.64. The summed E-state index contributed by atoms with van der Waals surface area (Å²) in [7, 11) is 0. The predicted molar refractivity (Wildman–Crippen MR) is 94.3 cm³/mol. The molecule has 0 aliphatic carbocycles. The normalized spacial score (nSPS) is 18.0. The van der Waals surface area contributed by atoms with Crippen LogP contribution in [0.4, 0.5) is 0 Å². The van der Waals surface area contributed by atoms with Crippen LogP contribution in [0.5, 0.6) is 0 Å². The Balaban J connectivity index is 1.56. The zero-order chi connectivity index (χ0) is 17.2. The van der Waals surface area contributed by atoms with Gasteiger partial charge in [0.15, 0.2) is 5.69 Å². The van der Waals surface area contributed by atoms with Gasteiger partial charge < -0.3 is 9.47 Å². The molecule has 1 fully saturated rings. The van der Waals surface area contributed by atoms with Gasteiger partial charge in [0.1, 0.15) is 12.2 Å². The van der Waals surface area contributed by atoms with Crippen molar-refractivity contribution in [2.75, 3.05) is 13.1 Å². The third-order valence-corrected chi connectivity index (χ3v) is 4.86. The van der Waals surface area contributed by atoms with Gasteiger partial charge in [0, 0.05) is 30.9 Å². The summed E-state index contributed by atoms with van der Waals surface area (Å²) in [4.78, 5) is 14.9. The second-order valence-corrected chi connectivity index (χ2v) is 6.59. The fraction of sp³-hybridized carbons (Fsp3) is 0.444. The standard InChI is InChI=1S/C18H22N6O/c1-2-9-24-12-19-22-17(24)13-6-5-10-23(11-13)18(25)16-14-7-3-4-8-15(14)20-21-16/h3-4,7-8,12-13H,2,5-6,9-11H2,1H3,(H,20,21).